The van der Waals surface area contributed by atoms with Crippen molar-refractivity contribution in [3.05, 3.63) is 12.2 Å². The maximum absolute atomic E-state index is 3.95. The second kappa shape index (κ2) is 1.18. The van der Waals surface area contributed by atoms with Crippen LogP contribution in [0, 0.1) is 17.8 Å². The van der Waals surface area contributed by atoms with Crippen molar-refractivity contribution in [1.29, 1.82) is 0 Å². The van der Waals surface area contributed by atoms with Crippen molar-refractivity contribution >= 4 is 0 Å². The molecule has 2 aliphatic rings. The lowest BCUT2D eigenvalue weighted by Gasteiger charge is -2.24. The quantitative estimate of drug-likeness (QED) is 0.452. The molecule has 0 nitrogen and oxygen atoms in total. The molecule has 0 bridgehead atoms. The number of fused-ring (bicyclic) bond motifs is 1. The molecule has 3 atom stereocenters. The summed E-state index contributed by atoms with van der Waals surface area (Å²) < 4.78 is 0. The van der Waals surface area contributed by atoms with E-state index >= 15 is 0 Å². The highest BCUT2D eigenvalue weighted by molar-refractivity contribution is 5.14. The fourth-order valence-corrected chi connectivity index (χ4v) is 1.91. The highest BCUT2D eigenvalue weighted by Gasteiger charge is 2.53. The molecule has 0 amide bonds. The Balaban J connectivity index is 2.01. The largest absolute Gasteiger partial charge is 0.0999 e. The van der Waals surface area contributed by atoms with E-state index in [1.54, 1.807) is 0 Å². The van der Waals surface area contributed by atoms with Gasteiger partial charge < -0.3 is 0 Å². The Morgan fingerprint density at radius 1 is 1.50 bits per heavy atom. The third-order valence-electron chi connectivity index (χ3n) is 2.68. The maximum atomic E-state index is 3.95. The van der Waals surface area contributed by atoms with Gasteiger partial charge in [0.15, 0.2) is 0 Å². The van der Waals surface area contributed by atoms with Gasteiger partial charge >= 0.3 is 0 Å². The van der Waals surface area contributed by atoms with Crippen LogP contribution in [0.4, 0.5) is 0 Å². The van der Waals surface area contributed by atoms with Gasteiger partial charge in [-0.1, -0.05) is 12.2 Å². The predicted octanol–water partition coefficient (Wildman–Crippen LogP) is 2.22. The SMILES string of the molecule is C=C(C)C1CC2CC21. The van der Waals surface area contributed by atoms with Crippen LogP contribution >= 0.6 is 0 Å². The molecule has 0 aromatic carbocycles. The third-order valence-corrected chi connectivity index (χ3v) is 2.68. The van der Waals surface area contributed by atoms with Crippen LogP contribution in [-0.2, 0) is 0 Å². The van der Waals surface area contributed by atoms with Crippen LogP contribution in [0.5, 0.6) is 0 Å². The molecule has 0 aromatic rings. The molecule has 0 spiro atoms. The summed E-state index contributed by atoms with van der Waals surface area (Å²) in [5.41, 5.74) is 1.42. The van der Waals surface area contributed by atoms with E-state index in [4.69, 9.17) is 0 Å². The minimum atomic E-state index is 0.931. The van der Waals surface area contributed by atoms with Crippen LogP contribution in [0.3, 0.4) is 0 Å². The first-order valence-corrected chi connectivity index (χ1v) is 3.44. The maximum Gasteiger partial charge on any atom is -0.0175 e. The first-order valence-electron chi connectivity index (χ1n) is 3.44. The van der Waals surface area contributed by atoms with Gasteiger partial charge in [0.2, 0.25) is 0 Å². The number of hydrogen-bond donors (Lipinski definition) is 0. The van der Waals surface area contributed by atoms with Crippen molar-refractivity contribution < 1.29 is 0 Å². The van der Waals surface area contributed by atoms with E-state index in [0.29, 0.717) is 0 Å². The average molecular weight is 108 g/mol. The summed E-state index contributed by atoms with van der Waals surface area (Å²) in [6, 6.07) is 0. The Morgan fingerprint density at radius 2 is 2.25 bits per heavy atom. The third kappa shape index (κ3) is 0.410. The zero-order valence-electron chi connectivity index (χ0n) is 5.35. The number of allylic oxidation sites excluding steroid dienone is 1. The Bertz CT molecular complexity index is 135. The summed E-state index contributed by atoms with van der Waals surface area (Å²) in [6.07, 6.45) is 2.97. The van der Waals surface area contributed by atoms with Crippen LogP contribution in [0.15, 0.2) is 12.2 Å². The lowest BCUT2D eigenvalue weighted by atomic mass is 9.81. The zero-order chi connectivity index (χ0) is 5.72. The van der Waals surface area contributed by atoms with Gasteiger partial charge in [0, 0.05) is 0 Å². The second-order valence-electron chi connectivity index (χ2n) is 3.35. The summed E-state index contributed by atoms with van der Waals surface area (Å²) in [4.78, 5) is 0. The van der Waals surface area contributed by atoms with Crippen LogP contribution in [0.1, 0.15) is 19.8 Å². The highest BCUT2D eigenvalue weighted by Crippen LogP contribution is 2.61. The lowest BCUT2D eigenvalue weighted by Crippen LogP contribution is -2.15. The van der Waals surface area contributed by atoms with Crippen LogP contribution in [0.25, 0.3) is 0 Å². The summed E-state index contributed by atoms with van der Waals surface area (Å²) in [6.45, 7) is 6.12. The Morgan fingerprint density at radius 3 is 2.38 bits per heavy atom. The summed E-state index contributed by atoms with van der Waals surface area (Å²) in [5, 5.41) is 0. The molecule has 0 saturated heterocycles. The molecular weight excluding hydrogens is 96.1 g/mol. The molecule has 44 valence electrons. The molecule has 3 unspecified atom stereocenters. The molecule has 0 heterocycles. The van der Waals surface area contributed by atoms with Crippen molar-refractivity contribution in [2.45, 2.75) is 19.8 Å². The number of hydrogen-bond acceptors (Lipinski definition) is 0. The Hall–Kier alpha value is -0.260. The summed E-state index contributed by atoms with van der Waals surface area (Å²) >= 11 is 0. The molecule has 0 N–H and O–H groups in total. The van der Waals surface area contributed by atoms with Crippen LogP contribution < -0.4 is 0 Å². The first-order chi connectivity index (χ1) is 3.79. The molecule has 0 radical (unpaired) electrons. The molecule has 8 heavy (non-hydrogen) atoms. The van der Waals surface area contributed by atoms with Gasteiger partial charge in [-0.2, -0.15) is 0 Å². The van der Waals surface area contributed by atoms with Crippen LogP contribution in [0.2, 0.25) is 0 Å². The standard InChI is InChI=1S/C8H12/c1-5(2)7-3-6-4-8(6)7/h6-8H,1,3-4H2,2H3. The fraction of sp³-hybridized carbons (Fsp3) is 0.750. The minimum Gasteiger partial charge on any atom is -0.0999 e. The van der Waals surface area contributed by atoms with Crippen molar-refractivity contribution in [3.8, 4) is 0 Å². The van der Waals surface area contributed by atoms with E-state index in [1.807, 2.05) is 0 Å². The normalized spacial score (nSPS) is 49.4. The van der Waals surface area contributed by atoms with Crippen molar-refractivity contribution in [1.82, 2.24) is 0 Å². The number of rotatable bonds is 1. The van der Waals surface area contributed by atoms with E-state index < -0.39 is 0 Å². The summed E-state index contributed by atoms with van der Waals surface area (Å²) in [7, 11) is 0. The van der Waals surface area contributed by atoms with Gasteiger partial charge in [-0.25, -0.2) is 0 Å². The van der Waals surface area contributed by atoms with E-state index in [-0.39, 0.29) is 0 Å². The van der Waals surface area contributed by atoms with E-state index in [2.05, 4.69) is 13.5 Å². The summed E-state index contributed by atoms with van der Waals surface area (Å²) in [5.74, 6) is 3.16. The second-order valence-corrected chi connectivity index (χ2v) is 3.35. The van der Waals surface area contributed by atoms with Gasteiger partial charge in [-0.15, -0.1) is 0 Å². The van der Waals surface area contributed by atoms with Gasteiger partial charge in [0.25, 0.3) is 0 Å². The van der Waals surface area contributed by atoms with Gasteiger partial charge in [0.1, 0.15) is 0 Å². The molecule has 0 aromatic heterocycles. The molecule has 0 aliphatic heterocycles. The van der Waals surface area contributed by atoms with E-state index in [0.717, 1.165) is 17.8 Å². The monoisotopic (exact) mass is 108 g/mol. The van der Waals surface area contributed by atoms with Crippen molar-refractivity contribution in [2.24, 2.45) is 17.8 Å². The molecule has 2 saturated carbocycles. The van der Waals surface area contributed by atoms with Crippen molar-refractivity contribution in [3.63, 3.8) is 0 Å². The molecular formula is C8H12. The predicted molar refractivity (Wildman–Crippen MR) is 34.5 cm³/mol. The van der Waals surface area contributed by atoms with Gasteiger partial charge in [0.05, 0.1) is 0 Å². The fourth-order valence-electron chi connectivity index (χ4n) is 1.91. The molecule has 0 heteroatoms. The van der Waals surface area contributed by atoms with Gasteiger partial charge in [-0.3, -0.25) is 0 Å². The Labute approximate surface area is 50.6 Å². The molecule has 2 fully saturated rings. The smallest absolute Gasteiger partial charge is 0.0175 e. The minimum absolute atomic E-state index is 0.931. The Kier molecular flexibility index (Phi) is 0.677. The van der Waals surface area contributed by atoms with Gasteiger partial charge in [-0.05, 0) is 37.5 Å². The highest BCUT2D eigenvalue weighted by atomic mass is 14.6. The molecule has 2 aliphatic carbocycles. The first kappa shape index (κ1) is 4.60. The van der Waals surface area contributed by atoms with Crippen molar-refractivity contribution in [2.75, 3.05) is 0 Å². The molecule has 2 rings (SSSR count). The topological polar surface area (TPSA) is 0 Å². The van der Waals surface area contributed by atoms with Crippen LogP contribution in [-0.4, -0.2) is 0 Å². The zero-order valence-corrected chi connectivity index (χ0v) is 5.35. The average Bonchev–Trinajstić information content (AvgIpc) is 2.13. The van der Waals surface area contributed by atoms with E-state index in [9.17, 15) is 0 Å². The lowest BCUT2D eigenvalue weighted by molar-refractivity contribution is 0.339. The van der Waals surface area contributed by atoms with E-state index in [1.165, 1.54) is 18.4 Å².